The predicted octanol–water partition coefficient (Wildman–Crippen LogP) is 2.49. The summed E-state index contributed by atoms with van der Waals surface area (Å²) in [7, 11) is 0. The quantitative estimate of drug-likeness (QED) is 0.285. The van der Waals surface area contributed by atoms with Gasteiger partial charge in [-0.2, -0.15) is 0 Å². The van der Waals surface area contributed by atoms with Gasteiger partial charge in [-0.05, 0) is 31.1 Å². The molecule has 0 radical (unpaired) electrons. The molecule has 0 saturated heterocycles. The maximum atomic E-state index is 5.94. The SMILES string of the molecule is C=CC(C(C)C)C(C)C/C(N=C(C)N)=C(\N)C(=C)N. The number of allylic oxidation sites excluding steroid dienone is 2. The molecule has 6 N–H and O–H groups in total. The fraction of sp³-hybridized carbons (Fsp3) is 0.533. The minimum atomic E-state index is 0.326. The number of amidine groups is 1. The van der Waals surface area contributed by atoms with Crippen LogP contribution in [0.1, 0.15) is 34.1 Å². The zero-order chi connectivity index (χ0) is 15.2. The van der Waals surface area contributed by atoms with Crippen LogP contribution in [0.4, 0.5) is 0 Å². The zero-order valence-electron chi connectivity index (χ0n) is 12.6. The van der Waals surface area contributed by atoms with E-state index in [1.165, 1.54) is 0 Å². The van der Waals surface area contributed by atoms with Gasteiger partial charge in [-0.1, -0.05) is 33.4 Å². The molecule has 2 atom stereocenters. The van der Waals surface area contributed by atoms with Gasteiger partial charge in [-0.25, -0.2) is 4.99 Å². The van der Waals surface area contributed by atoms with Gasteiger partial charge < -0.3 is 17.2 Å². The molecule has 0 aliphatic carbocycles. The van der Waals surface area contributed by atoms with Crippen LogP contribution in [-0.2, 0) is 0 Å². The molecule has 0 aromatic heterocycles. The maximum Gasteiger partial charge on any atom is 0.0961 e. The summed E-state index contributed by atoms with van der Waals surface area (Å²) in [5.41, 5.74) is 18.7. The lowest BCUT2D eigenvalue weighted by Gasteiger charge is -2.25. The molecule has 0 aromatic carbocycles. The first-order valence-corrected chi connectivity index (χ1v) is 6.57. The molecule has 0 spiro atoms. The van der Waals surface area contributed by atoms with E-state index in [0.717, 1.165) is 0 Å². The van der Waals surface area contributed by atoms with E-state index >= 15 is 0 Å². The Hall–Kier alpha value is -1.71. The molecular weight excluding hydrogens is 236 g/mol. The van der Waals surface area contributed by atoms with Crippen LogP contribution in [0.2, 0.25) is 0 Å². The molecule has 4 nitrogen and oxygen atoms in total. The number of rotatable bonds is 7. The van der Waals surface area contributed by atoms with E-state index in [9.17, 15) is 0 Å². The highest BCUT2D eigenvalue weighted by atomic mass is 14.9. The van der Waals surface area contributed by atoms with Gasteiger partial charge in [0.15, 0.2) is 0 Å². The van der Waals surface area contributed by atoms with Crippen molar-refractivity contribution < 1.29 is 0 Å². The van der Waals surface area contributed by atoms with Crippen LogP contribution >= 0.6 is 0 Å². The molecule has 0 fully saturated rings. The molecule has 0 saturated carbocycles. The van der Waals surface area contributed by atoms with Crippen molar-refractivity contribution in [1.82, 2.24) is 0 Å². The topological polar surface area (TPSA) is 90.4 Å². The van der Waals surface area contributed by atoms with Crippen LogP contribution in [-0.4, -0.2) is 5.84 Å². The molecule has 0 aliphatic rings. The molecule has 2 unspecified atom stereocenters. The third-order valence-electron chi connectivity index (χ3n) is 3.18. The van der Waals surface area contributed by atoms with Crippen molar-refractivity contribution in [1.29, 1.82) is 0 Å². The highest BCUT2D eigenvalue weighted by molar-refractivity contribution is 5.78. The smallest absolute Gasteiger partial charge is 0.0961 e. The van der Waals surface area contributed by atoms with Gasteiger partial charge in [-0.15, -0.1) is 6.58 Å². The molecule has 108 valence electrons. The summed E-state index contributed by atoms with van der Waals surface area (Å²) in [5, 5.41) is 0. The van der Waals surface area contributed by atoms with Crippen molar-refractivity contribution in [3.8, 4) is 0 Å². The standard InChI is InChI=1S/C15H28N4/c1-7-13(9(2)3)10(4)8-14(19-12(6)17)15(18)11(5)16/h7,9-10,13H,1,5,8,16,18H2,2-4,6H3,(H2,17,19)/b15-14+. The summed E-state index contributed by atoms with van der Waals surface area (Å²) in [5.74, 6) is 1.72. The first-order chi connectivity index (χ1) is 8.70. The normalized spacial score (nSPS) is 16.8. The molecule has 19 heavy (non-hydrogen) atoms. The van der Waals surface area contributed by atoms with Crippen LogP contribution in [0, 0.1) is 17.8 Å². The van der Waals surface area contributed by atoms with E-state index in [1.54, 1.807) is 6.92 Å². The Balaban J connectivity index is 5.25. The summed E-state index contributed by atoms with van der Waals surface area (Å²) in [6.07, 6.45) is 2.69. The van der Waals surface area contributed by atoms with Gasteiger partial charge in [0.25, 0.3) is 0 Å². The van der Waals surface area contributed by atoms with Crippen LogP contribution in [0.25, 0.3) is 0 Å². The average Bonchev–Trinajstić information content (AvgIpc) is 2.26. The lowest BCUT2D eigenvalue weighted by molar-refractivity contribution is 0.331. The number of hydrogen-bond donors (Lipinski definition) is 3. The first kappa shape index (κ1) is 17.3. The minimum Gasteiger partial charge on any atom is -0.397 e. The van der Waals surface area contributed by atoms with Crippen molar-refractivity contribution in [3.63, 3.8) is 0 Å². The first-order valence-electron chi connectivity index (χ1n) is 6.57. The van der Waals surface area contributed by atoms with E-state index in [-0.39, 0.29) is 0 Å². The van der Waals surface area contributed by atoms with Crippen molar-refractivity contribution in [3.05, 3.63) is 36.3 Å². The Bertz CT molecular complexity index is 387. The Morgan fingerprint density at radius 1 is 1.21 bits per heavy atom. The Morgan fingerprint density at radius 3 is 2.05 bits per heavy atom. The summed E-state index contributed by atoms with van der Waals surface area (Å²) in [6, 6.07) is 0. The predicted molar refractivity (Wildman–Crippen MR) is 84.1 cm³/mol. The van der Waals surface area contributed by atoms with Gasteiger partial charge >= 0.3 is 0 Å². The highest BCUT2D eigenvalue weighted by Crippen LogP contribution is 2.28. The summed E-state index contributed by atoms with van der Waals surface area (Å²) in [6.45, 7) is 15.8. The Labute approximate surface area is 117 Å². The van der Waals surface area contributed by atoms with Gasteiger partial charge in [0.05, 0.1) is 17.2 Å². The van der Waals surface area contributed by atoms with E-state index in [4.69, 9.17) is 17.2 Å². The van der Waals surface area contributed by atoms with Crippen LogP contribution < -0.4 is 17.2 Å². The molecule has 0 heterocycles. The number of aliphatic imine (C=N–C) groups is 1. The average molecular weight is 264 g/mol. The van der Waals surface area contributed by atoms with Gasteiger partial charge in [0, 0.05) is 5.70 Å². The lowest BCUT2D eigenvalue weighted by Crippen LogP contribution is -2.19. The van der Waals surface area contributed by atoms with Crippen molar-refractivity contribution in [2.45, 2.75) is 34.1 Å². The third-order valence-corrected chi connectivity index (χ3v) is 3.18. The van der Waals surface area contributed by atoms with Crippen LogP contribution in [0.15, 0.2) is 41.3 Å². The summed E-state index contributed by atoms with van der Waals surface area (Å²) >= 11 is 0. The monoisotopic (exact) mass is 264 g/mol. The molecular formula is C15H28N4. The van der Waals surface area contributed by atoms with Crippen LogP contribution in [0.5, 0.6) is 0 Å². The Morgan fingerprint density at radius 2 is 1.74 bits per heavy atom. The molecule has 0 rings (SSSR count). The van der Waals surface area contributed by atoms with E-state index in [2.05, 4.69) is 38.9 Å². The second-order valence-electron chi connectivity index (χ2n) is 5.38. The number of hydrogen-bond acceptors (Lipinski definition) is 3. The van der Waals surface area contributed by atoms with Crippen molar-refractivity contribution in [2.75, 3.05) is 0 Å². The molecule has 4 heteroatoms. The lowest BCUT2D eigenvalue weighted by atomic mass is 9.82. The molecule has 0 aliphatic heterocycles. The highest BCUT2D eigenvalue weighted by Gasteiger charge is 2.20. The van der Waals surface area contributed by atoms with E-state index in [0.29, 0.717) is 47.1 Å². The van der Waals surface area contributed by atoms with Crippen LogP contribution in [0.3, 0.4) is 0 Å². The van der Waals surface area contributed by atoms with Crippen molar-refractivity contribution >= 4 is 5.84 Å². The Kier molecular flexibility index (Phi) is 6.98. The second kappa shape index (κ2) is 7.67. The van der Waals surface area contributed by atoms with Crippen molar-refractivity contribution in [2.24, 2.45) is 39.9 Å². The molecule has 0 amide bonds. The largest absolute Gasteiger partial charge is 0.397 e. The summed E-state index contributed by atoms with van der Waals surface area (Å²) in [4.78, 5) is 4.29. The van der Waals surface area contributed by atoms with Gasteiger partial charge in [0.2, 0.25) is 0 Å². The minimum absolute atomic E-state index is 0.326. The molecule has 0 aromatic rings. The van der Waals surface area contributed by atoms with E-state index < -0.39 is 0 Å². The summed E-state index contributed by atoms with van der Waals surface area (Å²) < 4.78 is 0. The fourth-order valence-corrected chi connectivity index (χ4v) is 2.22. The number of nitrogens with two attached hydrogens (primary N) is 3. The maximum absolute atomic E-state index is 5.94. The zero-order valence-corrected chi connectivity index (χ0v) is 12.6. The van der Waals surface area contributed by atoms with E-state index in [1.807, 2.05) is 6.08 Å². The molecule has 0 bridgehead atoms. The fourth-order valence-electron chi connectivity index (χ4n) is 2.22. The van der Waals surface area contributed by atoms with Gasteiger partial charge in [-0.3, -0.25) is 0 Å². The second-order valence-corrected chi connectivity index (χ2v) is 5.38. The van der Waals surface area contributed by atoms with Gasteiger partial charge in [0.1, 0.15) is 0 Å². The third kappa shape index (κ3) is 5.64. The number of nitrogens with zero attached hydrogens (tertiary/aromatic N) is 1.